The molecule has 2 nitrogen and oxygen atoms in total. The summed E-state index contributed by atoms with van der Waals surface area (Å²) < 4.78 is 5.61. The van der Waals surface area contributed by atoms with Crippen molar-refractivity contribution in [2.24, 2.45) is 0 Å². The number of ether oxygens (including phenoxy) is 1. The number of carbonyl (C=O) groups is 1. The van der Waals surface area contributed by atoms with Crippen LogP contribution in [0.25, 0.3) is 0 Å². The molecule has 1 unspecified atom stereocenters. The lowest BCUT2D eigenvalue weighted by Gasteiger charge is -2.23. The predicted molar refractivity (Wildman–Crippen MR) is 55.2 cm³/mol. The van der Waals surface area contributed by atoms with Crippen LogP contribution in [0.4, 0.5) is 0 Å². The summed E-state index contributed by atoms with van der Waals surface area (Å²) in [5.74, 6) is 0.808. The van der Waals surface area contributed by atoms with Crippen molar-refractivity contribution in [1.29, 1.82) is 0 Å². The van der Waals surface area contributed by atoms with Crippen molar-refractivity contribution in [3.8, 4) is 5.75 Å². The Morgan fingerprint density at radius 2 is 2.21 bits per heavy atom. The number of hydrogen-bond acceptors (Lipinski definition) is 2. The van der Waals surface area contributed by atoms with Gasteiger partial charge in [0.2, 0.25) is 0 Å². The molecule has 0 aromatic heterocycles. The molecule has 1 aromatic rings. The average Bonchev–Trinajstić information content (AvgIpc) is 2.07. The summed E-state index contributed by atoms with van der Waals surface area (Å²) in [6, 6.07) is 3.49. The molecule has 1 aromatic carbocycles. The second kappa shape index (κ2) is 3.28. The topological polar surface area (TPSA) is 26.3 Å². The van der Waals surface area contributed by atoms with E-state index in [-0.39, 0.29) is 11.9 Å². The first-order valence-corrected chi connectivity index (χ1v) is 4.95. The van der Waals surface area contributed by atoms with E-state index in [2.05, 4.69) is 0 Å². The number of hydrogen-bond donors (Lipinski definition) is 0. The highest BCUT2D eigenvalue weighted by Crippen LogP contribution is 2.33. The van der Waals surface area contributed by atoms with Crippen molar-refractivity contribution >= 4 is 17.4 Å². The van der Waals surface area contributed by atoms with Crippen molar-refractivity contribution in [3.63, 3.8) is 0 Å². The molecule has 0 bridgehead atoms. The molecule has 0 fully saturated rings. The molecule has 2 rings (SSSR count). The minimum Gasteiger partial charge on any atom is -0.489 e. The Morgan fingerprint density at radius 1 is 1.50 bits per heavy atom. The summed E-state index contributed by atoms with van der Waals surface area (Å²) in [7, 11) is 0. The number of benzene rings is 1. The number of carbonyl (C=O) groups excluding carboxylic acids is 1. The fourth-order valence-electron chi connectivity index (χ4n) is 1.71. The Morgan fingerprint density at radius 3 is 2.93 bits per heavy atom. The molecule has 0 saturated carbocycles. The summed E-state index contributed by atoms with van der Waals surface area (Å²) in [6.07, 6.45) is 0.405. The summed E-state index contributed by atoms with van der Waals surface area (Å²) in [5.41, 5.74) is 1.54. The molecular weight excluding hydrogens is 200 g/mol. The molecule has 3 heteroatoms. The number of aryl methyl sites for hydroxylation is 1. The lowest BCUT2D eigenvalue weighted by Crippen LogP contribution is -2.24. The summed E-state index contributed by atoms with van der Waals surface area (Å²) in [4.78, 5) is 11.7. The van der Waals surface area contributed by atoms with E-state index < -0.39 is 0 Å². The van der Waals surface area contributed by atoms with Gasteiger partial charge in [-0.2, -0.15) is 0 Å². The van der Waals surface area contributed by atoms with Gasteiger partial charge in [0.1, 0.15) is 11.9 Å². The smallest absolute Gasteiger partial charge is 0.170 e. The van der Waals surface area contributed by atoms with Gasteiger partial charge in [-0.15, -0.1) is 0 Å². The summed E-state index contributed by atoms with van der Waals surface area (Å²) in [5, 5.41) is 0.591. The van der Waals surface area contributed by atoms with Gasteiger partial charge in [0, 0.05) is 11.4 Å². The molecule has 14 heavy (non-hydrogen) atoms. The molecule has 1 aliphatic rings. The molecule has 1 aliphatic heterocycles. The molecular formula is C11H11ClO2. The van der Waals surface area contributed by atoms with Crippen LogP contribution in [0.3, 0.4) is 0 Å². The second-order valence-electron chi connectivity index (χ2n) is 3.66. The van der Waals surface area contributed by atoms with E-state index in [1.54, 1.807) is 6.07 Å². The van der Waals surface area contributed by atoms with E-state index in [0.717, 1.165) is 5.56 Å². The van der Waals surface area contributed by atoms with Gasteiger partial charge in [0.15, 0.2) is 5.78 Å². The van der Waals surface area contributed by atoms with Crippen LogP contribution in [0.15, 0.2) is 12.1 Å². The van der Waals surface area contributed by atoms with Crippen LogP contribution in [0.2, 0.25) is 5.02 Å². The third kappa shape index (κ3) is 1.50. The second-order valence-corrected chi connectivity index (χ2v) is 4.09. The monoisotopic (exact) mass is 210 g/mol. The molecule has 0 aliphatic carbocycles. The van der Waals surface area contributed by atoms with Gasteiger partial charge in [-0.25, -0.2) is 0 Å². The highest BCUT2D eigenvalue weighted by Gasteiger charge is 2.25. The maximum absolute atomic E-state index is 11.7. The van der Waals surface area contributed by atoms with Crippen LogP contribution < -0.4 is 4.74 Å². The number of ketones is 1. The first kappa shape index (κ1) is 9.53. The van der Waals surface area contributed by atoms with Crippen molar-refractivity contribution < 1.29 is 9.53 Å². The standard InChI is InChI=1S/C11H11ClO2/c1-6-3-8(12)5-9-10(13)4-7(2)14-11(6)9/h3,5,7H,4H2,1-2H3. The van der Waals surface area contributed by atoms with E-state index in [1.165, 1.54) is 0 Å². The molecule has 1 heterocycles. The van der Waals surface area contributed by atoms with Crippen LogP contribution in [-0.2, 0) is 0 Å². The van der Waals surface area contributed by atoms with Gasteiger partial charge in [0.05, 0.1) is 5.56 Å². The van der Waals surface area contributed by atoms with Crippen molar-refractivity contribution in [2.45, 2.75) is 26.4 Å². The number of fused-ring (bicyclic) bond motifs is 1. The Labute approximate surface area is 87.8 Å². The fourth-order valence-corrected chi connectivity index (χ4v) is 1.98. The quantitative estimate of drug-likeness (QED) is 0.658. The largest absolute Gasteiger partial charge is 0.489 e. The zero-order valence-electron chi connectivity index (χ0n) is 8.13. The summed E-state index contributed by atoms with van der Waals surface area (Å²) in [6.45, 7) is 3.80. The Balaban J connectivity index is 2.59. The molecule has 0 radical (unpaired) electrons. The van der Waals surface area contributed by atoms with Crippen LogP contribution in [0, 0.1) is 6.92 Å². The van der Waals surface area contributed by atoms with E-state index in [9.17, 15) is 4.79 Å². The summed E-state index contributed by atoms with van der Waals surface area (Å²) >= 11 is 5.88. The third-order valence-electron chi connectivity index (χ3n) is 2.33. The van der Waals surface area contributed by atoms with E-state index in [0.29, 0.717) is 22.8 Å². The number of Topliss-reactive ketones (excluding diaryl/α,β-unsaturated/α-hetero) is 1. The van der Waals surface area contributed by atoms with Crippen LogP contribution in [0.5, 0.6) is 5.75 Å². The highest BCUT2D eigenvalue weighted by atomic mass is 35.5. The van der Waals surface area contributed by atoms with Crippen molar-refractivity contribution in [2.75, 3.05) is 0 Å². The maximum Gasteiger partial charge on any atom is 0.170 e. The first-order valence-electron chi connectivity index (χ1n) is 4.58. The van der Waals surface area contributed by atoms with Crippen molar-refractivity contribution in [1.82, 2.24) is 0 Å². The Kier molecular flexibility index (Phi) is 2.23. The Bertz CT molecular complexity index is 399. The van der Waals surface area contributed by atoms with Crippen LogP contribution >= 0.6 is 11.6 Å². The minimum atomic E-state index is -0.0325. The zero-order chi connectivity index (χ0) is 10.3. The van der Waals surface area contributed by atoms with Gasteiger partial charge in [-0.1, -0.05) is 11.6 Å². The number of rotatable bonds is 0. The third-order valence-corrected chi connectivity index (χ3v) is 2.55. The van der Waals surface area contributed by atoms with Crippen molar-refractivity contribution in [3.05, 3.63) is 28.3 Å². The maximum atomic E-state index is 11.7. The molecule has 74 valence electrons. The molecule has 1 atom stereocenters. The van der Waals surface area contributed by atoms with Gasteiger partial charge >= 0.3 is 0 Å². The molecule has 0 N–H and O–H groups in total. The fraction of sp³-hybridized carbons (Fsp3) is 0.364. The molecule has 0 saturated heterocycles. The number of halogens is 1. The predicted octanol–water partition coefficient (Wildman–Crippen LogP) is 3.00. The average molecular weight is 211 g/mol. The Hall–Kier alpha value is -1.02. The minimum absolute atomic E-state index is 0.0325. The zero-order valence-corrected chi connectivity index (χ0v) is 8.89. The normalized spacial score (nSPS) is 20.2. The van der Waals surface area contributed by atoms with Gasteiger partial charge < -0.3 is 4.74 Å². The van der Waals surface area contributed by atoms with Gasteiger partial charge in [-0.3, -0.25) is 4.79 Å². The van der Waals surface area contributed by atoms with E-state index >= 15 is 0 Å². The highest BCUT2D eigenvalue weighted by molar-refractivity contribution is 6.31. The lowest BCUT2D eigenvalue weighted by atomic mass is 9.99. The van der Waals surface area contributed by atoms with Crippen LogP contribution in [-0.4, -0.2) is 11.9 Å². The lowest BCUT2D eigenvalue weighted by molar-refractivity contribution is 0.0869. The van der Waals surface area contributed by atoms with Gasteiger partial charge in [0.25, 0.3) is 0 Å². The van der Waals surface area contributed by atoms with E-state index in [1.807, 2.05) is 19.9 Å². The molecule has 0 spiro atoms. The van der Waals surface area contributed by atoms with Gasteiger partial charge in [-0.05, 0) is 31.5 Å². The first-order chi connectivity index (χ1) is 6.58. The SMILES string of the molecule is Cc1cc(Cl)cc2c1OC(C)CC2=O. The van der Waals surface area contributed by atoms with Crippen LogP contribution in [0.1, 0.15) is 29.3 Å². The van der Waals surface area contributed by atoms with E-state index in [4.69, 9.17) is 16.3 Å². The molecule has 0 amide bonds.